The van der Waals surface area contributed by atoms with E-state index in [-0.39, 0.29) is 0 Å². The largest absolute Gasteiger partial charge is 0.303 e. The van der Waals surface area contributed by atoms with Crippen LogP contribution in [-0.4, -0.2) is 4.98 Å². The lowest BCUT2D eigenvalue weighted by Gasteiger charge is -2.20. The second-order valence-electron chi connectivity index (χ2n) is 4.36. The van der Waals surface area contributed by atoms with Gasteiger partial charge in [0.1, 0.15) is 0 Å². The molecule has 0 saturated carbocycles. The molecule has 0 aliphatic carbocycles. The van der Waals surface area contributed by atoms with Crippen LogP contribution in [0.4, 0.5) is 0 Å². The molecule has 2 aromatic rings. The maximum Gasteiger partial charge on any atom is 0.0393 e. The summed E-state index contributed by atoms with van der Waals surface area (Å²) < 4.78 is 0. The van der Waals surface area contributed by atoms with Gasteiger partial charge in [-0.25, -0.2) is 0 Å². The van der Waals surface area contributed by atoms with Crippen molar-refractivity contribution < 1.29 is 0 Å². The van der Waals surface area contributed by atoms with Crippen molar-refractivity contribution in [3.8, 4) is 0 Å². The molecular formula is C14H18N2S. The summed E-state index contributed by atoms with van der Waals surface area (Å²) in [6.07, 6.45) is 3.68. The van der Waals surface area contributed by atoms with E-state index in [9.17, 15) is 0 Å². The van der Waals surface area contributed by atoms with Crippen LogP contribution in [0.2, 0.25) is 0 Å². The van der Waals surface area contributed by atoms with Crippen molar-refractivity contribution in [1.82, 2.24) is 10.3 Å². The zero-order valence-electron chi connectivity index (χ0n) is 10.5. The van der Waals surface area contributed by atoms with Gasteiger partial charge in [0.05, 0.1) is 0 Å². The molecule has 2 atom stereocenters. The summed E-state index contributed by atoms with van der Waals surface area (Å²) in [4.78, 5) is 5.47. The Balaban J connectivity index is 2.05. The summed E-state index contributed by atoms with van der Waals surface area (Å²) in [5.41, 5.74) is 2.65. The summed E-state index contributed by atoms with van der Waals surface area (Å²) in [6.45, 7) is 6.58. The number of nitrogens with zero attached hydrogens (tertiary/aromatic N) is 1. The summed E-state index contributed by atoms with van der Waals surface area (Å²) in [5, 5.41) is 5.77. The number of thiophene rings is 1. The van der Waals surface area contributed by atoms with Crippen molar-refractivity contribution in [2.24, 2.45) is 0 Å². The number of hydrogen-bond donors (Lipinski definition) is 1. The Hall–Kier alpha value is -1.19. The van der Waals surface area contributed by atoms with Crippen molar-refractivity contribution in [3.63, 3.8) is 0 Å². The molecule has 0 amide bonds. The highest BCUT2D eigenvalue weighted by Gasteiger charge is 2.13. The number of aryl methyl sites for hydroxylation is 1. The molecule has 2 aromatic heterocycles. The van der Waals surface area contributed by atoms with Gasteiger partial charge in [-0.05, 0) is 55.5 Å². The molecule has 0 saturated heterocycles. The van der Waals surface area contributed by atoms with E-state index in [4.69, 9.17) is 0 Å². The lowest BCUT2D eigenvalue weighted by atomic mass is 10.1. The molecule has 0 fully saturated rings. The Bertz CT molecular complexity index is 464. The van der Waals surface area contributed by atoms with Gasteiger partial charge in [-0.1, -0.05) is 0 Å². The molecule has 0 aliphatic heterocycles. The SMILES string of the molecule is Cc1ccsc1C(C)N[C@@H](C)c1ccncc1. The molecule has 17 heavy (non-hydrogen) atoms. The molecule has 0 bridgehead atoms. The van der Waals surface area contributed by atoms with Gasteiger partial charge in [0.25, 0.3) is 0 Å². The third-order valence-electron chi connectivity index (χ3n) is 3.00. The maximum absolute atomic E-state index is 4.05. The van der Waals surface area contributed by atoms with Gasteiger partial charge in [-0.3, -0.25) is 4.98 Å². The molecule has 2 rings (SSSR count). The molecule has 2 nitrogen and oxygen atoms in total. The molecule has 0 aromatic carbocycles. The normalized spacial score (nSPS) is 14.5. The average Bonchev–Trinajstić information content (AvgIpc) is 2.76. The van der Waals surface area contributed by atoms with E-state index in [1.54, 1.807) is 0 Å². The number of aromatic nitrogens is 1. The Kier molecular flexibility index (Phi) is 3.92. The predicted octanol–water partition coefficient (Wildman–Crippen LogP) is 3.86. The minimum absolute atomic E-state index is 0.342. The summed E-state index contributed by atoms with van der Waals surface area (Å²) in [7, 11) is 0. The zero-order valence-corrected chi connectivity index (χ0v) is 11.3. The van der Waals surface area contributed by atoms with Crippen LogP contribution in [0, 0.1) is 6.92 Å². The van der Waals surface area contributed by atoms with Gasteiger partial charge in [-0.2, -0.15) is 0 Å². The monoisotopic (exact) mass is 246 g/mol. The topological polar surface area (TPSA) is 24.9 Å². The highest BCUT2D eigenvalue weighted by atomic mass is 32.1. The van der Waals surface area contributed by atoms with E-state index in [1.165, 1.54) is 16.0 Å². The minimum Gasteiger partial charge on any atom is -0.303 e. The molecule has 90 valence electrons. The number of pyridine rings is 1. The highest BCUT2D eigenvalue weighted by molar-refractivity contribution is 7.10. The molecule has 0 radical (unpaired) electrons. The highest BCUT2D eigenvalue weighted by Crippen LogP contribution is 2.25. The first-order valence-electron chi connectivity index (χ1n) is 5.88. The Labute approximate surface area is 107 Å². The average molecular weight is 246 g/mol. The smallest absolute Gasteiger partial charge is 0.0393 e. The van der Waals surface area contributed by atoms with Gasteiger partial charge in [0, 0.05) is 29.4 Å². The molecule has 0 aliphatic rings. The van der Waals surface area contributed by atoms with Gasteiger partial charge in [0.2, 0.25) is 0 Å². The quantitative estimate of drug-likeness (QED) is 0.886. The van der Waals surface area contributed by atoms with Crippen molar-refractivity contribution in [2.45, 2.75) is 32.9 Å². The van der Waals surface area contributed by atoms with Gasteiger partial charge in [0.15, 0.2) is 0 Å². The summed E-state index contributed by atoms with van der Waals surface area (Å²) in [6, 6.07) is 7.03. The van der Waals surface area contributed by atoms with Gasteiger partial charge in [-0.15, -0.1) is 11.3 Å². The predicted molar refractivity (Wildman–Crippen MR) is 73.3 cm³/mol. The van der Waals surface area contributed by atoms with Gasteiger partial charge >= 0.3 is 0 Å². The molecule has 0 spiro atoms. The maximum atomic E-state index is 4.05. The van der Waals surface area contributed by atoms with E-state index in [0.29, 0.717) is 12.1 Å². The van der Waals surface area contributed by atoms with Crippen LogP contribution in [0.25, 0.3) is 0 Å². The Morgan fingerprint density at radius 1 is 1.12 bits per heavy atom. The molecule has 1 N–H and O–H groups in total. The molecule has 2 heterocycles. The number of hydrogen-bond acceptors (Lipinski definition) is 3. The van der Waals surface area contributed by atoms with Crippen LogP contribution in [0.1, 0.15) is 41.9 Å². The van der Waals surface area contributed by atoms with E-state index >= 15 is 0 Å². The lowest BCUT2D eigenvalue weighted by Crippen LogP contribution is -2.22. The lowest BCUT2D eigenvalue weighted by molar-refractivity contribution is 0.498. The second-order valence-corrected chi connectivity index (χ2v) is 5.31. The zero-order chi connectivity index (χ0) is 12.3. The van der Waals surface area contributed by atoms with Crippen LogP contribution in [-0.2, 0) is 0 Å². The Morgan fingerprint density at radius 2 is 1.82 bits per heavy atom. The first kappa shape index (κ1) is 12.3. The first-order chi connectivity index (χ1) is 8.18. The van der Waals surface area contributed by atoms with E-state index in [0.717, 1.165) is 0 Å². The van der Waals surface area contributed by atoms with Crippen molar-refractivity contribution >= 4 is 11.3 Å². The van der Waals surface area contributed by atoms with Crippen LogP contribution in [0.5, 0.6) is 0 Å². The third-order valence-corrected chi connectivity index (χ3v) is 4.20. The van der Waals surface area contributed by atoms with Crippen molar-refractivity contribution in [3.05, 3.63) is 52.0 Å². The van der Waals surface area contributed by atoms with E-state index in [2.05, 4.69) is 54.7 Å². The number of nitrogens with one attached hydrogen (secondary N) is 1. The standard InChI is InChI=1S/C14H18N2S/c1-10-6-9-17-14(10)12(3)16-11(2)13-4-7-15-8-5-13/h4-9,11-12,16H,1-3H3/t11-,12?/m0/s1. The van der Waals surface area contributed by atoms with Crippen molar-refractivity contribution in [2.75, 3.05) is 0 Å². The van der Waals surface area contributed by atoms with E-state index in [1.807, 2.05) is 23.7 Å². The van der Waals surface area contributed by atoms with Crippen LogP contribution >= 0.6 is 11.3 Å². The third kappa shape index (κ3) is 2.93. The fourth-order valence-electron chi connectivity index (χ4n) is 2.03. The number of rotatable bonds is 4. The fourth-order valence-corrected chi connectivity index (χ4v) is 2.97. The van der Waals surface area contributed by atoms with Crippen LogP contribution < -0.4 is 5.32 Å². The summed E-state index contributed by atoms with van der Waals surface area (Å²) >= 11 is 1.82. The van der Waals surface area contributed by atoms with Crippen LogP contribution in [0.3, 0.4) is 0 Å². The van der Waals surface area contributed by atoms with Gasteiger partial charge < -0.3 is 5.32 Å². The molecular weight excluding hydrogens is 228 g/mol. The van der Waals surface area contributed by atoms with Crippen LogP contribution in [0.15, 0.2) is 36.0 Å². The first-order valence-corrected chi connectivity index (χ1v) is 6.76. The summed E-state index contributed by atoms with van der Waals surface area (Å²) in [5.74, 6) is 0. The fraction of sp³-hybridized carbons (Fsp3) is 0.357. The Morgan fingerprint density at radius 3 is 2.41 bits per heavy atom. The van der Waals surface area contributed by atoms with E-state index < -0.39 is 0 Å². The molecule has 1 unspecified atom stereocenters. The van der Waals surface area contributed by atoms with Crippen molar-refractivity contribution in [1.29, 1.82) is 0 Å². The second kappa shape index (κ2) is 5.43. The minimum atomic E-state index is 0.342. The molecule has 3 heteroatoms.